The molecule has 24 heavy (non-hydrogen) atoms. The van der Waals surface area contributed by atoms with Crippen LogP contribution in [0.1, 0.15) is 68.2 Å². The number of rotatable bonds is 2. The van der Waals surface area contributed by atoms with Crippen molar-refractivity contribution >= 4 is 11.4 Å². The van der Waals surface area contributed by atoms with Gasteiger partial charge in [0.2, 0.25) is 0 Å². The molecule has 0 radical (unpaired) electrons. The van der Waals surface area contributed by atoms with Crippen molar-refractivity contribution in [1.29, 1.82) is 0 Å². The Morgan fingerprint density at radius 1 is 0.500 bits per heavy atom. The van der Waals surface area contributed by atoms with Gasteiger partial charge in [-0.2, -0.15) is 10.2 Å². The lowest BCUT2D eigenvalue weighted by atomic mass is 10.3. The van der Waals surface area contributed by atoms with Crippen LogP contribution in [0.15, 0.2) is 70.9 Å². The van der Waals surface area contributed by atoms with Gasteiger partial charge in [0, 0.05) is 0 Å². The lowest BCUT2D eigenvalue weighted by molar-refractivity contribution is 1.09. The highest BCUT2D eigenvalue weighted by molar-refractivity contribution is 5.39. The van der Waals surface area contributed by atoms with E-state index in [2.05, 4.69) is 37.9 Å². The van der Waals surface area contributed by atoms with Crippen LogP contribution >= 0.6 is 0 Å². The number of azo groups is 1. The van der Waals surface area contributed by atoms with Gasteiger partial charge >= 0.3 is 0 Å². The van der Waals surface area contributed by atoms with Gasteiger partial charge in [0.1, 0.15) is 0 Å². The van der Waals surface area contributed by atoms with Crippen LogP contribution in [0.4, 0.5) is 11.4 Å². The van der Waals surface area contributed by atoms with Crippen LogP contribution in [0.5, 0.6) is 0 Å². The normalized spacial score (nSPS) is 8.17. The van der Waals surface area contributed by atoms with Gasteiger partial charge in [-0.15, -0.1) is 0 Å². The van der Waals surface area contributed by atoms with E-state index in [0.717, 1.165) is 11.4 Å². The van der Waals surface area contributed by atoms with E-state index in [4.69, 9.17) is 0 Å². The summed E-state index contributed by atoms with van der Waals surface area (Å²) in [5.41, 5.74) is 1.74. The minimum Gasteiger partial charge on any atom is -0.151 e. The first-order valence-corrected chi connectivity index (χ1v) is 9.30. The third-order valence-electron chi connectivity index (χ3n) is 1.79. The first-order chi connectivity index (χ1) is 11.8. The molecule has 0 atom stereocenters. The highest BCUT2D eigenvalue weighted by Crippen LogP contribution is 2.16. The molecule has 2 aromatic rings. The summed E-state index contributed by atoms with van der Waals surface area (Å²) in [5.74, 6) is 0. The van der Waals surface area contributed by atoms with E-state index in [0.29, 0.717) is 0 Å². The predicted octanol–water partition coefficient (Wildman–Crippen LogP) is 8.99. The molecule has 0 spiro atoms. The van der Waals surface area contributed by atoms with Gasteiger partial charge in [0.15, 0.2) is 0 Å². The fourth-order valence-corrected chi connectivity index (χ4v) is 1.10. The van der Waals surface area contributed by atoms with Gasteiger partial charge in [-0.3, -0.25) is 0 Å². The molecule has 0 N–H and O–H groups in total. The zero-order valence-electron chi connectivity index (χ0n) is 17.1. The molecule has 0 aliphatic carbocycles. The van der Waals surface area contributed by atoms with Crippen LogP contribution < -0.4 is 0 Å². The molecule has 0 amide bonds. The second-order valence-electron chi connectivity index (χ2n) is 4.29. The summed E-state index contributed by atoms with van der Waals surface area (Å²) in [7, 11) is 0. The number of hydrogen-bond donors (Lipinski definition) is 0. The van der Waals surface area contributed by atoms with Gasteiger partial charge in [0.05, 0.1) is 11.4 Å². The van der Waals surface area contributed by atoms with E-state index in [1.165, 1.54) is 12.8 Å². The molecule has 2 rings (SSSR count). The molecular weight excluding hydrogens is 292 g/mol. The average molecular weight is 331 g/mol. The van der Waals surface area contributed by atoms with E-state index in [9.17, 15) is 0 Å². The van der Waals surface area contributed by atoms with Crippen LogP contribution in [0.25, 0.3) is 0 Å². The Kier molecular flexibility index (Phi) is 29.1. The quantitative estimate of drug-likeness (QED) is 0.491. The molecule has 0 heterocycles. The lowest BCUT2D eigenvalue weighted by Gasteiger charge is -1.91. The van der Waals surface area contributed by atoms with E-state index < -0.39 is 0 Å². The van der Waals surface area contributed by atoms with Crippen molar-refractivity contribution in [3.8, 4) is 0 Å². The maximum atomic E-state index is 4.10. The minimum absolute atomic E-state index is 0.872. The molecule has 0 saturated heterocycles. The second kappa shape index (κ2) is 26.0. The van der Waals surface area contributed by atoms with Crippen molar-refractivity contribution in [2.45, 2.75) is 68.2 Å². The predicted molar refractivity (Wildman–Crippen MR) is 112 cm³/mol. The molecule has 0 bridgehead atoms. The zero-order chi connectivity index (χ0) is 19.1. The monoisotopic (exact) mass is 330 g/mol. The van der Waals surface area contributed by atoms with Crippen molar-refractivity contribution < 1.29 is 0 Å². The summed E-state index contributed by atoms with van der Waals surface area (Å²) in [6, 6.07) is 19.4. The van der Waals surface area contributed by atoms with Gasteiger partial charge in [-0.25, -0.2) is 0 Å². The van der Waals surface area contributed by atoms with Gasteiger partial charge in [-0.05, 0) is 24.3 Å². The Hall–Kier alpha value is -1.96. The number of nitrogens with zero attached hydrogens (tertiary/aromatic N) is 2. The molecule has 2 aromatic carbocycles. The molecule has 2 heteroatoms. The van der Waals surface area contributed by atoms with E-state index >= 15 is 0 Å². The van der Waals surface area contributed by atoms with Crippen LogP contribution in [-0.2, 0) is 0 Å². The maximum Gasteiger partial charge on any atom is 0.0857 e. The van der Waals surface area contributed by atoms with Crippen LogP contribution in [0.3, 0.4) is 0 Å². The fraction of sp³-hybridized carbons (Fsp3) is 0.455. The van der Waals surface area contributed by atoms with Crippen molar-refractivity contribution in [2.24, 2.45) is 10.2 Å². The molecule has 0 aliphatic heterocycles. The maximum absolute atomic E-state index is 4.10. The van der Waals surface area contributed by atoms with Crippen LogP contribution in [0.2, 0.25) is 0 Å². The Morgan fingerprint density at radius 3 is 0.917 bits per heavy atom. The van der Waals surface area contributed by atoms with Gasteiger partial charge < -0.3 is 0 Å². The summed E-state index contributed by atoms with van der Waals surface area (Å²) < 4.78 is 0. The topological polar surface area (TPSA) is 24.7 Å². The number of hydrogen-bond acceptors (Lipinski definition) is 2. The lowest BCUT2D eigenvalue weighted by Crippen LogP contribution is -1.62. The first-order valence-electron chi connectivity index (χ1n) is 9.30. The Balaban J connectivity index is -0.000000374. The molecule has 0 unspecified atom stereocenters. The molecule has 0 aliphatic rings. The van der Waals surface area contributed by atoms with Crippen molar-refractivity contribution in [3.63, 3.8) is 0 Å². The van der Waals surface area contributed by atoms with Crippen LogP contribution in [0, 0.1) is 0 Å². The highest BCUT2D eigenvalue weighted by Gasteiger charge is 1.86. The largest absolute Gasteiger partial charge is 0.151 e. The first kappa shape index (κ1) is 26.9. The van der Waals surface area contributed by atoms with Gasteiger partial charge in [0.25, 0.3) is 0 Å². The molecule has 0 aromatic heterocycles. The summed E-state index contributed by atoms with van der Waals surface area (Å²) >= 11 is 0. The summed E-state index contributed by atoms with van der Waals surface area (Å²) in [5, 5.41) is 8.20. The Morgan fingerprint density at radius 2 is 0.708 bits per heavy atom. The van der Waals surface area contributed by atoms with Crippen LogP contribution in [-0.4, -0.2) is 0 Å². The summed E-state index contributed by atoms with van der Waals surface area (Å²) in [6.07, 6.45) is 2.50. The third kappa shape index (κ3) is 20.0. The van der Waals surface area contributed by atoms with Crippen molar-refractivity contribution in [3.05, 3.63) is 60.7 Å². The average Bonchev–Trinajstić information content (AvgIpc) is 2.66. The third-order valence-corrected chi connectivity index (χ3v) is 1.79. The Labute approximate surface area is 151 Å². The second-order valence-corrected chi connectivity index (χ2v) is 4.29. The minimum atomic E-state index is 0.872. The van der Waals surface area contributed by atoms with Crippen molar-refractivity contribution in [1.82, 2.24) is 0 Å². The SMILES string of the molecule is CC.CC.CCC.CCC.c1ccc(N=Nc2ccccc2)cc1. The zero-order valence-corrected chi connectivity index (χ0v) is 17.1. The van der Waals surface area contributed by atoms with E-state index in [1.54, 1.807) is 0 Å². The van der Waals surface area contributed by atoms with E-state index in [-0.39, 0.29) is 0 Å². The van der Waals surface area contributed by atoms with E-state index in [1.807, 2.05) is 88.4 Å². The summed E-state index contributed by atoms with van der Waals surface area (Å²) in [6.45, 7) is 16.5. The number of benzene rings is 2. The van der Waals surface area contributed by atoms with Gasteiger partial charge in [-0.1, -0.05) is 105 Å². The standard InChI is InChI=1S/C12H10N2.2C3H8.2C2H6/c1-3-7-11(8-4-1)13-14-12-9-5-2-6-10-12;2*1-3-2;2*1-2/h1-10H;2*3H2,1-2H3;2*1-2H3. The van der Waals surface area contributed by atoms with Crippen molar-refractivity contribution in [2.75, 3.05) is 0 Å². The molecular formula is C22H38N2. The molecule has 0 saturated carbocycles. The molecule has 136 valence electrons. The smallest absolute Gasteiger partial charge is 0.0857 e. The fourth-order valence-electron chi connectivity index (χ4n) is 1.10. The summed E-state index contributed by atoms with van der Waals surface area (Å²) in [4.78, 5) is 0. The Bertz CT molecular complexity index is 393. The molecule has 2 nitrogen and oxygen atoms in total. The molecule has 0 fully saturated rings. The highest BCUT2D eigenvalue weighted by atomic mass is 15.1.